The summed E-state index contributed by atoms with van der Waals surface area (Å²) in [5, 5.41) is 9.21. The average Bonchev–Trinajstić information content (AvgIpc) is 2.43. The molecule has 3 heteroatoms. The van der Waals surface area contributed by atoms with E-state index in [-0.39, 0.29) is 5.54 Å². The minimum atomic E-state index is -0.343. The van der Waals surface area contributed by atoms with E-state index in [1.165, 1.54) is 16.7 Å². The number of benzene rings is 1. The van der Waals surface area contributed by atoms with Crippen molar-refractivity contribution >= 4 is 0 Å². The van der Waals surface area contributed by atoms with Crippen molar-refractivity contribution in [1.82, 2.24) is 9.80 Å². The second-order valence-electron chi connectivity index (χ2n) is 6.30. The molecule has 1 aromatic carbocycles. The normalized spacial score (nSPS) is 17.9. The molecule has 0 aliphatic carbocycles. The molecule has 0 radical (unpaired) electrons. The first kappa shape index (κ1) is 15.0. The van der Waals surface area contributed by atoms with Gasteiger partial charge in [0.05, 0.1) is 6.07 Å². The van der Waals surface area contributed by atoms with Crippen LogP contribution in [0.1, 0.15) is 30.5 Å². The maximum atomic E-state index is 9.21. The lowest BCUT2D eigenvalue weighted by Gasteiger charge is -2.40. The Labute approximate surface area is 122 Å². The predicted octanol–water partition coefficient (Wildman–Crippen LogP) is 2.72. The van der Waals surface area contributed by atoms with Crippen LogP contribution in [0, 0.1) is 25.2 Å². The molecule has 0 bridgehead atoms. The molecule has 108 valence electrons. The van der Waals surface area contributed by atoms with Crippen LogP contribution in [-0.4, -0.2) is 41.5 Å². The largest absolute Gasteiger partial charge is 0.297 e. The van der Waals surface area contributed by atoms with Crippen molar-refractivity contribution in [2.75, 3.05) is 26.2 Å². The molecule has 0 N–H and O–H groups in total. The predicted molar refractivity (Wildman–Crippen MR) is 82.5 cm³/mol. The maximum absolute atomic E-state index is 9.21. The standard InChI is InChI=1S/C17H25N3/c1-14-6-5-7-15(2)16(14)12-19-8-10-20(11-9-19)17(3,4)13-18/h5-7H,8-12H2,1-4H3. The smallest absolute Gasteiger partial charge is 0.103 e. The first-order valence-electron chi connectivity index (χ1n) is 7.38. The molecule has 1 aliphatic heterocycles. The summed E-state index contributed by atoms with van der Waals surface area (Å²) in [6.45, 7) is 13.5. The Bertz CT molecular complexity index is 485. The lowest BCUT2D eigenvalue weighted by Crippen LogP contribution is -2.53. The molecule has 1 heterocycles. The van der Waals surface area contributed by atoms with E-state index in [0.29, 0.717) is 0 Å². The van der Waals surface area contributed by atoms with Crippen molar-refractivity contribution in [2.24, 2.45) is 0 Å². The Morgan fingerprint density at radius 1 is 1.10 bits per heavy atom. The van der Waals surface area contributed by atoms with Crippen molar-refractivity contribution in [1.29, 1.82) is 5.26 Å². The molecular formula is C17H25N3. The van der Waals surface area contributed by atoms with E-state index in [0.717, 1.165) is 32.7 Å². The van der Waals surface area contributed by atoms with Crippen molar-refractivity contribution in [3.05, 3.63) is 34.9 Å². The summed E-state index contributed by atoms with van der Waals surface area (Å²) in [6.07, 6.45) is 0. The van der Waals surface area contributed by atoms with Gasteiger partial charge in [-0.05, 0) is 44.4 Å². The fraction of sp³-hybridized carbons (Fsp3) is 0.588. The number of nitrogens with zero attached hydrogens (tertiary/aromatic N) is 3. The van der Waals surface area contributed by atoms with Crippen molar-refractivity contribution in [2.45, 2.75) is 39.8 Å². The number of aryl methyl sites for hydroxylation is 2. The zero-order valence-corrected chi connectivity index (χ0v) is 13.1. The minimum absolute atomic E-state index is 0.343. The van der Waals surface area contributed by atoms with Crippen LogP contribution in [0.4, 0.5) is 0 Å². The molecule has 3 nitrogen and oxygen atoms in total. The summed E-state index contributed by atoms with van der Waals surface area (Å²) in [6, 6.07) is 8.91. The first-order valence-corrected chi connectivity index (χ1v) is 7.38. The van der Waals surface area contributed by atoms with Gasteiger partial charge in [0.1, 0.15) is 5.54 Å². The van der Waals surface area contributed by atoms with E-state index in [2.05, 4.69) is 47.9 Å². The van der Waals surface area contributed by atoms with E-state index < -0.39 is 0 Å². The third-order valence-corrected chi connectivity index (χ3v) is 4.46. The second kappa shape index (κ2) is 5.95. The van der Waals surface area contributed by atoms with Crippen LogP contribution in [0.25, 0.3) is 0 Å². The van der Waals surface area contributed by atoms with Crippen molar-refractivity contribution in [3.63, 3.8) is 0 Å². The van der Waals surface area contributed by atoms with E-state index in [9.17, 15) is 5.26 Å². The molecule has 1 aromatic rings. The lowest BCUT2D eigenvalue weighted by atomic mass is 10.0. The van der Waals surface area contributed by atoms with Crippen LogP contribution in [0.15, 0.2) is 18.2 Å². The van der Waals surface area contributed by atoms with Crippen LogP contribution < -0.4 is 0 Å². The van der Waals surface area contributed by atoms with Gasteiger partial charge in [0.15, 0.2) is 0 Å². The monoisotopic (exact) mass is 271 g/mol. The average molecular weight is 271 g/mol. The molecule has 0 spiro atoms. The molecule has 20 heavy (non-hydrogen) atoms. The van der Waals surface area contributed by atoms with Crippen LogP contribution in [0.2, 0.25) is 0 Å². The Kier molecular flexibility index (Phi) is 4.47. The lowest BCUT2D eigenvalue weighted by molar-refractivity contribution is 0.0762. The molecule has 1 aliphatic rings. The topological polar surface area (TPSA) is 30.3 Å². The number of hydrogen-bond donors (Lipinski definition) is 0. The zero-order chi connectivity index (χ0) is 14.8. The van der Waals surface area contributed by atoms with E-state index in [1.54, 1.807) is 0 Å². The van der Waals surface area contributed by atoms with Gasteiger partial charge >= 0.3 is 0 Å². The van der Waals surface area contributed by atoms with E-state index in [4.69, 9.17) is 0 Å². The van der Waals surface area contributed by atoms with Gasteiger partial charge in [0.2, 0.25) is 0 Å². The number of nitriles is 1. The van der Waals surface area contributed by atoms with Gasteiger partial charge in [-0.3, -0.25) is 9.80 Å². The van der Waals surface area contributed by atoms with Crippen LogP contribution in [0.3, 0.4) is 0 Å². The van der Waals surface area contributed by atoms with E-state index >= 15 is 0 Å². The third-order valence-electron chi connectivity index (χ3n) is 4.46. The molecule has 1 saturated heterocycles. The minimum Gasteiger partial charge on any atom is -0.297 e. The SMILES string of the molecule is Cc1cccc(C)c1CN1CCN(C(C)(C)C#N)CC1. The van der Waals surface area contributed by atoms with Crippen molar-refractivity contribution in [3.8, 4) is 6.07 Å². The Hall–Kier alpha value is -1.37. The van der Waals surface area contributed by atoms with Gasteiger partial charge in [-0.1, -0.05) is 18.2 Å². The van der Waals surface area contributed by atoms with Gasteiger partial charge in [-0.25, -0.2) is 0 Å². The number of hydrogen-bond acceptors (Lipinski definition) is 3. The van der Waals surface area contributed by atoms with Gasteiger partial charge in [-0.15, -0.1) is 0 Å². The van der Waals surface area contributed by atoms with Gasteiger partial charge in [-0.2, -0.15) is 5.26 Å². The molecule has 0 unspecified atom stereocenters. The quantitative estimate of drug-likeness (QED) is 0.847. The molecule has 0 saturated carbocycles. The molecule has 1 fully saturated rings. The summed E-state index contributed by atoms with van der Waals surface area (Å²) in [4.78, 5) is 4.79. The summed E-state index contributed by atoms with van der Waals surface area (Å²) >= 11 is 0. The highest BCUT2D eigenvalue weighted by atomic mass is 15.3. The van der Waals surface area contributed by atoms with Crippen molar-refractivity contribution < 1.29 is 0 Å². The molecule has 0 amide bonds. The Balaban J connectivity index is 1.97. The highest BCUT2D eigenvalue weighted by Gasteiger charge is 2.29. The van der Waals surface area contributed by atoms with Gasteiger partial charge < -0.3 is 0 Å². The van der Waals surface area contributed by atoms with E-state index in [1.807, 2.05) is 13.8 Å². The van der Waals surface area contributed by atoms with Crippen LogP contribution >= 0.6 is 0 Å². The second-order valence-corrected chi connectivity index (χ2v) is 6.30. The summed E-state index contributed by atoms with van der Waals surface area (Å²) in [5.74, 6) is 0. The highest BCUT2D eigenvalue weighted by Crippen LogP contribution is 2.19. The molecule has 0 atom stereocenters. The highest BCUT2D eigenvalue weighted by molar-refractivity contribution is 5.33. The molecular weight excluding hydrogens is 246 g/mol. The maximum Gasteiger partial charge on any atom is 0.103 e. The van der Waals surface area contributed by atoms with Crippen LogP contribution in [-0.2, 0) is 6.54 Å². The zero-order valence-electron chi connectivity index (χ0n) is 13.1. The number of piperazine rings is 1. The fourth-order valence-electron chi connectivity index (χ4n) is 2.86. The van der Waals surface area contributed by atoms with Crippen LogP contribution in [0.5, 0.6) is 0 Å². The molecule has 2 rings (SSSR count). The summed E-state index contributed by atoms with van der Waals surface area (Å²) in [5.41, 5.74) is 3.88. The summed E-state index contributed by atoms with van der Waals surface area (Å²) < 4.78 is 0. The Morgan fingerprint density at radius 3 is 2.15 bits per heavy atom. The van der Waals surface area contributed by atoms with Gasteiger partial charge in [0, 0.05) is 32.7 Å². The summed E-state index contributed by atoms with van der Waals surface area (Å²) in [7, 11) is 0. The third kappa shape index (κ3) is 3.20. The van der Waals surface area contributed by atoms with Gasteiger partial charge in [0.25, 0.3) is 0 Å². The first-order chi connectivity index (χ1) is 9.44. The fourth-order valence-corrected chi connectivity index (χ4v) is 2.86. The number of rotatable bonds is 3. The Morgan fingerprint density at radius 2 is 1.65 bits per heavy atom. The molecule has 0 aromatic heterocycles.